The molecule has 2 aromatic rings. The molecule has 4 nitrogen and oxygen atoms in total. The molecule has 4 heteroatoms. The van der Waals surface area contributed by atoms with Gasteiger partial charge in [-0.15, -0.1) is 0 Å². The van der Waals surface area contributed by atoms with Crippen LogP contribution in [0.3, 0.4) is 0 Å². The fraction of sp³-hybridized carbons (Fsp3) is 0.0769. The average molecular weight is 230 g/mol. The smallest absolute Gasteiger partial charge is 0.335 e. The lowest BCUT2D eigenvalue weighted by Crippen LogP contribution is -2.01. The lowest BCUT2D eigenvalue weighted by Gasteiger charge is -1.98. The molecule has 17 heavy (non-hydrogen) atoms. The van der Waals surface area contributed by atoms with Gasteiger partial charge in [-0.2, -0.15) is 0 Å². The molecule has 0 fully saturated rings. The van der Waals surface area contributed by atoms with Crippen molar-refractivity contribution in [3.63, 3.8) is 0 Å². The number of ketones is 1. The van der Waals surface area contributed by atoms with Gasteiger partial charge in [-0.25, -0.2) is 4.79 Å². The molecule has 0 atom stereocenters. The molecule has 0 aliphatic heterocycles. The van der Waals surface area contributed by atoms with Crippen LogP contribution in [-0.2, 0) is 0 Å². The van der Waals surface area contributed by atoms with Crippen molar-refractivity contribution in [1.82, 2.24) is 0 Å². The normalized spacial score (nSPS) is 10.2. The molecule has 0 spiro atoms. The van der Waals surface area contributed by atoms with Crippen molar-refractivity contribution in [2.24, 2.45) is 0 Å². The third kappa shape index (κ3) is 2.25. The van der Waals surface area contributed by atoms with E-state index >= 15 is 0 Å². The molecule has 0 aliphatic rings. The van der Waals surface area contributed by atoms with Crippen molar-refractivity contribution in [1.29, 1.82) is 0 Å². The van der Waals surface area contributed by atoms with Crippen molar-refractivity contribution in [3.8, 4) is 0 Å². The number of carboxylic acid groups (broad SMARTS) is 1. The Morgan fingerprint density at radius 1 is 1.00 bits per heavy atom. The van der Waals surface area contributed by atoms with Crippen LogP contribution in [0.2, 0.25) is 0 Å². The Morgan fingerprint density at radius 3 is 2.06 bits per heavy atom. The number of hydrogen-bond acceptors (Lipinski definition) is 3. The van der Waals surface area contributed by atoms with E-state index < -0.39 is 5.97 Å². The average Bonchev–Trinajstić information content (AvgIpc) is 2.75. The van der Waals surface area contributed by atoms with Gasteiger partial charge in [0.15, 0.2) is 5.76 Å². The Bertz CT molecular complexity index is 563. The molecule has 1 aromatic carbocycles. The zero-order chi connectivity index (χ0) is 12.4. The number of benzene rings is 1. The van der Waals surface area contributed by atoms with E-state index in [1.54, 1.807) is 19.1 Å². The Kier molecular flexibility index (Phi) is 2.78. The number of carbonyl (C=O) groups excluding carboxylic acids is 1. The van der Waals surface area contributed by atoms with Crippen LogP contribution < -0.4 is 0 Å². The van der Waals surface area contributed by atoms with Gasteiger partial charge in [0.1, 0.15) is 5.76 Å². The van der Waals surface area contributed by atoms with Crippen LogP contribution in [0.15, 0.2) is 40.8 Å². The first-order valence-electron chi connectivity index (χ1n) is 5.02. The van der Waals surface area contributed by atoms with E-state index in [0.29, 0.717) is 11.3 Å². The summed E-state index contributed by atoms with van der Waals surface area (Å²) in [5, 5.41) is 8.73. The molecule has 0 bridgehead atoms. The summed E-state index contributed by atoms with van der Waals surface area (Å²) in [5.41, 5.74) is 0.557. The maximum Gasteiger partial charge on any atom is 0.335 e. The van der Waals surface area contributed by atoms with E-state index in [2.05, 4.69) is 0 Å². The van der Waals surface area contributed by atoms with Gasteiger partial charge >= 0.3 is 5.97 Å². The molecule has 86 valence electrons. The molecular formula is C13H10O4. The second-order valence-electron chi connectivity index (χ2n) is 3.62. The largest absolute Gasteiger partial charge is 0.478 e. The molecule has 0 saturated heterocycles. The summed E-state index contributed by atoms with van der Waals surface area (Å²) in [4.78, 5) is 22.6. The van der Waals surface area contributed by atoms with E-state index in [4.69, 9.17) is 9.52 Å². The minimum absolute atomic E-state index is 0.150. The van der Waals surface area contributed by atoms with Crippen molar-refractivity contribution < 1.29 is 19.1 Å². The number of carbonyl (C=O) groups is 2. The minimum Gasteiger partial charge on any atom is -0.478 e. The Hall–Kier alpha value is -2.36. The van der Waals surface area contributed by atoms with Crippen LogP contribution in [0, 0.1) is 6.92 Å². The molecule has 0 radical (unpaired) electrons. The van der Waals surface area contributed by atoms with E-state index in [0.717, 1.165) is 0 Å². The first-order chi connectivity index (χ1) is 8.08. The number of aromatic carboxylic acids is 1. The SMILES string of the molecule is Cc1ccc(C(=O)c2ccc(C(=O)O)cc2)o1. The van der Waals surface area contributed by atoms with E-state index in [1.807, 2.05) is 0 Å². The standard InChI is InChI=1S/C13H10O4/c1-8-2-7-11(17-8)12(14)9-3-5-10(6-4-9)13(15)16/h2-7H,1H3,(H,15,16). The van der Waals surface area contributed by atoms with Gasteiger partial charge in [0.25, 0.3) is 0 Å². The summed E-state index contributed by atoms with van der Waals surface area (Å²) in [7, 11) is 0. The van der Waals surface area contributed by atoms with Gasteiger partial charge < -0.3 is 9.52 Å². The Labute approximate surface area is 97.5 Å². The summed E-state index contributed by atoms with van der Waals surface area (Å²) in [6.07, 6.45) is 0. The number of carboxylic acids is 1. The van der Waals surface area contributed by atoms with Gasteiger partial charge in [0, 0.05) is 5.56 Å². The molecular weight excluding hydrogens is 220 g/mol. The van der Waals surface area contributed by atoms with Crippen molar-refractivity contribution >= 4 is 11.8 Å². The number of furan rings is 1. The maximum absolute atomic E-state index is 11.9. The van der Waals surface area contributed by atoms with Gasteiger partial charge in [-0.05, 0) is 31.2 Å². The highest BCUT2D eigenvalue weighted by molar-refractivity contribution is 6.07. The van der Waals surface area contributed by atoms with Gasteiger partial charge in [-0.1, -0.05) is 12.1 Å². The van der Waals surface area contributed by atoms with E-state index in [1.165, 1.54) is 24.3 Å². The van der Waals surface area contributed by atoms with Gasteiger partial charge in [0.05, 0.1) is 5.56 Å². The maximum atomic E-state index is 11.9. The van der Waals surface area contributed by atoms with Crippen molar-refractivity contribution in [2.75, 3.05) is 0 Å². The van der Waals surface area contributed by atoms with Gasteiger partial charge in [0.2, 0.25) is 5.78 Å². The van der Waals surface area contributed by atoms with Crippen molar-refractivity contribution in [2.45, 2.75) is 6.92 Å². The number of hydrogen-bond donors (Lipinski definition) is 1. The second-order valence-corrected chi connectivity index (χ2v) is 3.62. The molecule has 1 N–H and O–H groups in total. The highest BCUT2D eigenvalue weighted by Crippen LogP contribution is 2.13. The Morgan fingerprint density at radius 2 is 1.59 bits per heavy atom. The zero-order valence-electron chi connectivity index (χ0n) is 9.14. The van der Waals surface area contributed by atoms with Crippen LogP contribution in [0.1, 0.15) is 32.2 Å². The summed E-state index contributed by atoms with van der Waals surface area (Å²) >= 11 is 0. The lowest BCUT2D eigenvalue weighted by molar-refractivity contribution is 0.0696. The summed E-state index contributed by atoms with van der Waals surface area (Å²) in [6.45, 7) is 1.75. The molecule has 0 unspecified atom stereocenters. The summed E-state index contributed by atoms with van der Waals surface area (Å²) < 4.78 is 5.21. The Balaban J connectivity index is 2.29. The van der Waals surface area contributed by atoms with E-state index in [-0.39, 0.29) is 17.1 Å². The highest BCUT2D eigenvalue weighted by atomic mass is 16.4. The molecule has 0 amide bonds. The zero-order valence-corrected chi connectivity index (χ0v) is 9.14. The first-order valence-corrected chi connectivity index (χ1v) is 5.02. The summed E-state index contributed by atoms with van der Waals surface area (Å²) in [5.74, 6) is -0.353. The van der Waals surface area contributed by atoms with Crippen molar-refractivity contribution in [3.05, 3.63) is 59.0 Å². The lowest BCUT2D eigenvalue weighted by atomic mass is 10.1. The van der Waals surface area contributed by atoms with Gasteiger partial charge in [-0.3, -0.25) is 4.79 Å². The molecule has 2 rings (SSSR count). The fourth-order valence-corrected chi connectivity index (χ4v) is 1.46. The van der Waals surface area contributed by atoms with E-state index in [9.17, 15) is 9.59 Å². The number of aryl methyl sites for hydroxylation is 1. The summed E-state index contributed by atoms with van der Waals surface area (Å²) in [6, 6.07) is 9.05. The molecule has 0 aliphatic carbocycles. The first kappa shape index (κ1) is 11.1. The molecule has 0 saturated carbocycles. The molecule has 1 aromatic heterocycles. The molecule has 1 heterocycles. The predicted octanol–water partition coefficient (Wildman–Crippen LogP) is 2.52. The van der Waals surface area contributed by atoms with Crippen LogP contribution in [0.25, 0.3) is 0 Å². The predicted molar refractivity (Wildman–Crippen MR) is 60.3 cm³/mol. The third-order valence-corrected chi connectivity index (χ3v) is 2.36. The third-order valence-electron chi connectivity index (χ3n) is 2.36. The minimum atomic E-state index is -1.02. The highest BCUT2D eigenvalue weighted by Gasteiger charge is 2.13. The second kappa shape index (κ2) is 4.25. The number of rotatable bonds is 3. The van der Waals surface area contributed by atoms with Crippen LogP contribution >= 0.6 is 0 Å². The quantitative estimate of drug-likeness (QED) is 0.822. The van der Waals surface area contributed by atoms with Crippen LogP contribution in [0.5, 0.6) is 0 Å². The van der Waals surface area contributed by atoms with Crippen LogP contribution in [0.4, 0.5) is 0 Å². The topological polar surface area (TPSA) is 67.5 Å². The fourth-order valence-electron chi connectivity index (χ4n) is 1.46. The van der Waals surface area contributed by atoms with Crippen LogP contribution in [-0.4, -0.2) is 16.9 Å². The monoisotopic (exact) mass is 230 g/mol.